The van der Waals surface area contributed by atoms with Gasteiger partial charge in [-0.1, -0.05) is 41.9 Å². The quantitative estimate of drug-likeness (QED) is 0.729. The second kappa shape index (κ2) is 5.52. The highest BCUT2D eigenvalue weighted by molar-refractivity contribution is 7.19. The van der Waals surface area contributed by atoms with E-state index in [-0.39, 0.29) is 11.1 Å². The summed E-state index contributed by atoms with van der Waals surface area (Å²) in [5.74, 6) is -0.396. The van der Waals surface area contributed by atoms with Gasteiger partial charge in [0.15, 0.2) is 0 Å². The van der Waals surface area contributed by atoms with Crippen LogP contribution in [0.4, 0.5) is 4.39 Å². The Morgan fingerprint density at radius 2 is 1.95 bits per heavy atom. The number of rotatable bonds is 3. The average Bonchev–Trinajstić information content (AvgIpc) is 2.88. The molecule has 1 unspecified atom stereocenters. The minimum atomic E-state index is -0.396. The molecule has 1 heterocycles. The molecule has 1 atom stereocenters. The standard InChI is InChI=1S/C16H13ClFNS/c17-16-11(5-3-6-12(16)18)8-13(19)15-9-10-4-1-2-7-14(10)20-15/h1-7,9,13H,8,19H2. The molecule has 3 rings (SSSR count). The van der Waals surface area contributed by atoms with Gasteiger partial charge in [0, 0.05) is 15.6 Å². The van der Waals surface area contributed by atoms with Crippen molar-refractivity contribution in [3.8, 4) is 0 Å². The van der Waals surface area contributed by atoms with Crippen LogP contribution in [0.15, 0.2) is 48.5 Å². The smallest absolute Gasteiger partial charge is 0.142 e. The van der Waals surface area contributed by atoms with E-state index in [1.54, 1.807) is 17.4 Å². The lowest BCUT2D eigenvalue weighted by Gasteiger charge is -2.11. The van der Waals surface area contributed by atoms with Gasteiger partial charge in [-0.05, 0) is 35.6 Å². The Morgan fingerprint density at radius 3 is 2.75 bits per heavy atom. The van der Waals surface area contributed by atoms with E-state index in [9.17, 15) is 4.39 Å². The molecule has 0 radical (unpaired) electrons. The van der Waals surface area contributed by atoms with Crippen LogP contribution in [-0.2, 0) is 6.42 Å². The molecule has 0 amide bonds. The van der Waals surface area contributed by atoms with Gasteiger partial charge in [0.1, 0.15) is 5.82 Å². The molecular formula is C16H13ClFNS. The Morgan fingerprint density at radius 1 is 1.15 bits per heavy atom. The molecule has 1 aromatic heterocycles. The van der Waals surface area contributed by atoms with E-state index < -0.39 is 5.82 Å². The van der Waals surface area contributed by atoms with Crippen molar-refractivity contribution >= 4 is 33.0 Å². The molecule has 2 aromatic carbocycles. The van der Waals surface area contributed by atoms with Crippen LogP contribution < -0.4 is 5.73 Å². The first-order valence-electron chi connectivity index (χ1n) is 6.32. The van der Waals surface area contributed by atoms with Gasteiger partial charge in [-0.15, -0.1) is 11.3 Å². The van der Waals surface area contributed by atoms with Crippen molar-refractivity contribution in [1.29, 1.82) is 0 Å². The van der Waals surface area contributed by atoms with Crippen molar-refractivity contribution in [3.05, 3.63) is 69.8 Å². The Bertz CT molecular complexity index is 720. The van der Waals surface area contributed by atoms with Gasteiger partial charge in [-0.25, -0.2) is 4.39 Å². The molecule has 0 aliphatic heterocycles. The first-order chi connectivity index (χ1) is 9.65. The second-order valence-electron chi connectivity index (χ2n) is 4.71. The van der Waals surface area contributed by atoms with Gasteiger partial charge in [0.05, 0.1) is 5.02 Å². The highest BCUT2D eigenvalue weighted by atomic mass is 35.5. The zero-order valence-corrected chi connectivity index (χ0v) is 12.2. The lowest BCUT2D eigenvalue weighted by Crippen LogP contribution is -2.12. The lowest BCUT2D eigenvalue weighted by molar-refractivity contribution is 0.623. The Hall–Kier alpha value is -1.42. The van der Waals surface area contributed by atoms with Crippen molar-refractivity contribution in [2.75, 3.05) is 0 Å². The van der Waals surface area contributed by atoms with Crippen LogP contribution in [0.5, 0.6) is 0 Å². The van der Waals surface area contributed by atoms with Gasteiger partial charge in [-0.3, -0.25) is 0 Å². The van der Waals surface area contributed by atoms with Gasteiger partial charge in [0.2, 0.25) is 0 Å². The third-order valence-electron chi connectivity index (χ3n) is 3.28. The summed E-state index contributed by atoms with van der Waals surface area (Å²) < 4.78 is 14.6. The Labute approximate surface area is 125 Å². The van der Waals surface area contributed by atoms with E-state index in [1.807, 2.05) is 18.2 Å². The molecule has 0 spiro atoms. The van der Waals surface area contributed by atoms with Crippen LogP contribution in [0.25, 0.3) is 10.1 Å². The predicted molar refractivity (Wildman–Crippen MR) is 83.9 cm³/mol. The number of thiophene rings is 1. The molecule has 0 saturated heterocycles. The maximum Gasteiger partial charge on any atom is 0.142 e. The molecular weight excluding hydrogens is 293 g/mol. The minimum Gasteiger partial charge on any atom is -0.323 e. The van der Waals surface area contributed by atoms with E-state index in [1.165, 1.54) is 16.2 Å². The number of hydrogen-bond donors (Lipinski definition) is 1. The van der Waals surface area contributed by atoms with Gasteiger partial charge in [-0.2, -0.15) is 0 Å². The minimum absolute atomic E-state index is 0.170. The molecule has 0 aliphatic rings. The van der Waals surface area contributed by atoms with Gasteiger partial charge < -0.3 is 5.73 Å². The Balaban J connectivity index is 1.89. The van der Waals surface area contributed by atoms with E-state index in [2.05, 4.69) is 18.2 Å². The molecule has 0 saturated carbocycles. The highest BCUT2D eigenvalue weighted by Gasteiger charge is 2.14. The summed E-state index contributed by atoms with van der Waals surface area (Å²) in [5.41, 5.74) is 6.99. The van der Waals surface area contributed by atoms with Crippen molar-refractivity contribution < 1.29 is 4.39 Å². The first kappa shape index (κ1) is 13.6. The van der Waals surface area contributed by atoms with Crippen LogP contribution in [-0.4, -0.2) is 0 Å². The fourth-order valence-electron chi connectivity index (χ4n) is 2.23. The number of benzene rings is 2. The molecule has 0 aliphatic carbocycles. The number of fused-ring (bicyclic) bond motifs is 1. The fourth-order valence-corrected chi connectivity index (χ4v) is 3.50. The summed E-state index contributed by atoms with van der Waals surface area (Å²) in [4.78, 5) is 1.09. The maximum atomic E-state index is 13.4. The Kier molecular flexibility index (Phi) is 3.74. The summed E-state index contributed by atoms with van der Waals surface area (Å²) in [6.07, 6.45) is 0.531. The summed E-state index contributed by atoms with van der Waals surface area (Å²) in [5, 5.41) is 1.36. The highest BCUT2D eigenvalue weighted by Crippen LogP contribution is 2.31. The molecule has 4 heteroatoms. The summed E-state index contributed by atoms with van der Waals surface area (Å²) in [6.45, 7) is 0. The first-order valence-corrected chi connectivity index (χ1v) is 7.51. The molecule has 0 bridgehead atoms. The van der Waals surface area contributed by atoms with E-state index >= 15 is 0 Å². The summed E-state index contributed by atoms with van der Waals surface area (Å²) >= 11 is 7.65. The molecule has 20 heavy (non-hydrogen) atoms. The summed E-state index contributed by atoms with van der Waals surface area (Å²) in [7, 11) is 0. The SMILES string of the molecule is NC(Cc1cccc(F)c1Cl)c1cc2ccccc2s1. The zero-order valence-electron chi connectivity index (χ0n) is 10.6. The van der Waals surface area contributed by atoms with E-state index in [4.69, 9.17) is 17.3 Å². The zero-order chi connectivity index (χ0) is 14.1. The molecule has 1 nitrogen and oxygen atoms in total. The van der Waals surface area contributed by atoms with E-state index in [0.29, 0.717) is 6.42 Å². The van der Waals surface area contributed by atoms with Crippen LogP contribution in [0.1, 0.15) is 16.5 Å². The third kappa shape index (κ3) is 2.57. The van der Waals surface area contributed by atoms with Gasteiger partial charge in [0.25, 0.3) is 0 Å². The third-order valence-corrected chi connectivity index (χ3v) is 4.95. The number of nitrogens with two attached hydrogens (primary N) is 1. The topological polar surface area (TPSA) is 26.0 Å². The average molecular weight is 306 g/mol. The lowest BCUT2D eigenvalue weighted by atomic mass is 10.0. The normalized spacial score (nSPS) is 12.8. The monoisotopic (exact) mass is 305 g/mol. The second-order valence-corrected chi connectivity index (χ2v) is 6.20. The van der Waals surface area contributed by atoms with Crippen LogP contribution in [0.2, 0.25) is 5.02 Å². The van der Waals surface area contributed by atoms with Crippen LogP contribution in [0, 0.1) is 5.82 Å². The molecule has 102 valence electrons. The van der Waals surface area contributed by atoms with Crippen molar-refractivity contribution in [3.63, 3.8) is 0 Å². The van der Waals surface area contributed by atoms with Gasteiger partial charge >= 0.3 is 0 Å². The predicted octanol–water partition coefficient (Wildman–Crippen LogP) is 4.94. The number of halogens is 2. The van der Waals surface area contributed by atoms with Crippen molar-refractivity contribution in [2.45, 2.75) is 12.5 Å². The van der Waals surface area contributed by atoms with E-state index in [0.717, 1.165) is 10.4 Å². The van der Waals surface area contributed by atoms with Crippen molar-refractivity contribution in [2.24, 2.45) is 5.73 Å². The number of hydrogen-bond acceptors (Lipinski definition) is 2. The fraction of sp³-hybridized carbons (Fsp3) is 0.125. The largest absolute Gasteiger partial charge is 0.323 e. The van der Waals surface area contributed by atoms with Crippen molar-refractivity contribution in [1.82, 2.24) is 0 Å². The maximum absolute atomic E-state index is 13.4. The molecule has 0 fully saturated rings. The molecule has 3 aromatic rings. The summed E-state index contributed by atoms with van der Waals surface area (Å²) in [6, 6.07) is 14.9. The van der Waals surface area contributed by atoms with Crippen LogP contribution >= 0.6 is 22.9 Å². The molecule has 2 N–H and O–H groups in total. The van der Waals surface area contributed by atoms with Crippen LogP contribution in [0.3, 0.4) is 0 Å².